The fourth-order valence-corrected chi connectivity index (χ4v) is 1.97. The first-order valence-corrected chi connectivity index (χ1v) is 5.77. The van der Waals surface area contributed by atoms with Crippen molar-refractivity contribution in [2.45, 2.75) is 26.6 Å². The maximum absolute atomic E-state index is 13.2. The second kappa shape index (κ2) is 4.70. The van der Waals surface area contributed by atoms with Gasteiger partial charge in [0.2, 0.25) is 0 Å². The molecule has 2 N–H and O–H groups in total. The molecular weight excluding hydrogens is 255 g/mol. The summed E-state index contributed by atoms with van der Waals surface area (Å²) in [5, 5.41) is 3.96. The molecule has 3 nitrogen and oxygen atoms in total. The third kappa shape index (κ3) is 2.49. The third-order valence-corrected chi connectivity index (χ3v) is 2.94. The van der Waals surface area contributed by atoms with Crippen molar-refractivity contribution in [1.29, 1.82) is 0 Å². The van der Waals surface area contributed by atoms with E-state index in [0.717, 1.165) is 10.2 Å². The molecule has 0 aliphatic rings. The summed E-state index contributed by atoms with van der Waals surface area (Å²) in [6.07, 6.45) is -4.49. The van der Waals surface area contributed by atoms with Crippen molar-refractivity contribution in [3.8, 4) is 5.69 Å². The Kier molecular flexibility index (Phi) is 3.36. The second-order valence-electron chi connectivity index (χ2n) is 4.36. The highest BCUT2D eigenvalue weighted by atomic mass is 19.4. The molecule has 2 rings (SSSR count). The molecule has 0 radical (unpaired) electrons. The van der Waals surface area contributed by atoms with E-state index < -0.39 is 11.9 Å². The minimum atomic E-state index is -4.49. The Morgan fingerprint density at radius 2 is 1.74 bits per heavy atom. The van der Waals surface area contributed by atoms with Crippen molar-refractivity contribution in [2.24, 2.45) is 5.73 Å². The highest BCUT2D eigenvalue weighted by molar-refractivity contribution is 5.40. The smallest absolute Gasteiger partial charge is 0.326 e. The van der Waals surface area contributed by atoms with Crippen molar-refractivity contribution in [3.63, 3.8) is 0 Å². The largest absolute Gasteiger partial charge is 0.433 e. The molecular formula is C13H14F3N3. The summed E-state index contributed by atoms with van der Waals surface area (Å²) >= 11 is 0. The number of benzene rings is 1. The lowest BCUT2D eigenvalue weighted by molar-refractivity contribution is -0.143. The molecule has 0 aliphatic heterocycles. The van der Waals surface area contributed by atoms with E-state index in [2.05, 4.69) is 5.10 Å². The normalized spacial score (nSPS) is 11.9. The molecule has 1 aromatic heterocycles. The van der Waals surface area contributed by atoms with Crippen LogP contribution in [-0.2, 0) is 12.7 Å². The number of aromatic nitrogens is 2. The molecule has 19 heavy (non-hydrogen) atoms. The van der Waals surface area contributed by atoms with Crippen LogP contribution in [0.3, 0.4) is 0 Å². The Morgan fingerprint density at radius 3 is 2.21 bits per heavy atom. The monoisotopic (exact) mass is 269 g/mol. The first-order valence-electron chi connectivity index (χ1n) is 5.77. The van der Waals surface area contributed by atoms with Crippen LogP contribution in [0.15, 0.2) is 24.3 Å². The van der Waals surface area contributed by atoms with E-state index in [9.17, 15) is 13.2 Å². The zero-order valence-electron chi connectivity index (χ0n) is 10.6. The van der Waals surface area contributed by atoms with Gasteiger partial charge in [-0.25, -0.2) is 4.68 Å². The van der Waals surface area contributed by atoms with Gasteiger partial charge in [0, 0.05) is 12.1 Å². The summed E-state index contributed by atoms with van der Waals surface area (Å²) in [5.41, 5.74) is 6.30. The SMILES string of the molecule is Cc1ccc(-n2nc(C)c(CN)c2C(F)(F)F)cc1. The minimum Gasteiger partial charge on any atom is -0.326 e. The van der Waals surface area contributed by atoms with E-state index in [1.165, 1.54) is 6.92 Å². The molecule has 0 fully saturated rings. The number of halogens is 3. The van der Waals surface area contributed by atoms with Gasteiger partial charge < -0.3 is 5.73 Å². The van der Waals surface area contributed by atoms with Gasteiger partial charge in [0.05, 0.1) is 11.4 Å². The molecule has 0 saturated carbocycles. The van der Waals surface area contributed by atoms with Gasteiger partial charge in [-0.2, -0.15) is 18.3 Å². The van der Waals surface area contributed by atoms with E-state index in [-0.39, 0.29) is 12.1 Å². The van der Waals surface area contributed by atoms with Crippen LogP contribution in [0.25, 0.3) is 5.69 Å². The predicted octanol–water partition coefficient (Wildman–Crippen LogP) is 2.97. The lowest BCUT2D eigenvalue weighted by Crippen LogP contribution is -2.16. The lowest BCUT2D eigenvalue weighted by Gasteiger charge is -2.12. The average Bonchev–Trinajstić information content (AvgIpc) is 2.66. The first kappa shape index (κ1) is 13.6. The van der Waals surface area contributed by atoms with E-state index in [0.29, 0.717) is 11.4 Å². The molecule has 0 bridgehead atoms. The molecule has 0 spiro atoms. The molecule has 0 atom stereocenters. The average molecular weight is 269 g/mol. The van der Waals surface area contributed by atoms with Crippen LogP contribution < -0.4 is 5.73 Å². The van der Waals surface area contributed by atoms with Crippen LogP contribution in [0.4, 0.5) is 13.2 Å². The molecule has 0 amide bonds. The van der Waals surface area contributed by atoms with Crippen LogP contribution in [0.1, 0.15) is 22.5 Å². The highest BCUT2D eigenvalue weighted by Gasteiger charge is 2.39. The van der Waals surface area contributed by atoms with E-state index >= 15 is 0 Å². The number of rotatable bonds is 2. The first-order chi connectivity index (χ1) is 8.84. The maximum atomic E-state index is 13.2. The topological polar surface area (TPSA) is 43.8 Å². The summed E-state index contributed by atoms with van der Waals surface area (Å²) in [6, 6.07) is 6.71. The van der Waals surface area contributed by atoms with Gasteiger partial charge in [0.15, 0.2) is 5.69 Å². The fourth-order valence-electron chi connectivity index (χ4n) is 1.97. The Hall–Kier alpha value is -1.82. The van der Waals surface area contributed by atoms with Gasteiger partial charge in [-0.1, -0.05) is 17.7 Å². The van der Waals surface area contributed by atoms with Crippen molar-refractivity contribution >= 4 is 0 Å². The van der Waals surface area contributed by atoms with Crippen molar-refractivity contribution in [3.05, 3.63) is 46.8 Å². The van der Waals surface area contributed by atoms with Gasteiger partial charge in [-0.05, 0) is 26.0 Å². The Bertz CT molecular complexity index is 582. The summed E-state index contributed by atoms with van der Waals surface area (Å²) in [5.74, 6) is 0. The number of hydrogen-bond donors (Lipinski definition) is 1. The molecule has 0 aliphatic carbocycles. The fraction of sp³-hybridized carbons (Fsp3) is 0.308. The molecule has 102 valence electrons. The standard InChI is InChI=1S/C13H14F3N3/c1-8-3-5-10(6-4-8)19-12(13(14,15)16)11(7-17)9(2)18-19/h3-6H,7,17H2,1-2H3. The summed E-state index contributed by atoms with van der Waals surface area (Å²) < 4.78 is 40.4. The molecule has 0 unspecified atom stereocenters. The molecule has 0 saturated heterocycles. The van der Waals surface area contributed by atoms with Crippen LogP contribution in [0.5, 0.6) is 0 Å². The summed E-state index contributed by atoms with van der Waals surface area (Å²) in [7, 11) is 0. The number of aryl methyl sites for hydroxylation is 2. The van der Waals surface area contributed by atoms with Gasteiger partial charge in [0.1, 0.15) is 0 Å². The quantitative estimate of drug-likeness (QED) is 0.910. The van der Waals surface area contributed by atoms with E-state index in [1.807, 2.05) is 6.92 Å². The Balaban J connectivity index is 2.67. The summed E-state index contributed by atoms with van der Waals surface area (Å²) in [4.78, 5) is 0. The predicted molar refractivity (Wildman–Crippen MR) is 65.9 cm³/mol. The number of hydrogen-bond acceptors (Lipinski definition) is 2. The van der Waals surface area contributed by atoms with Gasteiger partial charge in [0.25, 0.3) is 0 Å². The number of alkyl halides is 3. The lowest BCUT2D eigenvalue weighted by atomic mass is 10.1. The van der Waals surface area contributed by atoms with E-state index in [1.54, 1.807) is 24.3 Å². The Morgan fingerprint density at radius 1 is 1.16 bits per heavy atom. The van der Waals surface area contributed by atoms with Crippen LogP contribution in [-0.4, -0.2) is 9.78 Å². The molecule has 6 heteroatoms. The van der Waals surface area contributed by atoms with Crippen molar-refractivity contribution in [2.75, 3.05) is 0 Å². The molecule has 1 aromatic carbocycles. The zero-order chi connectivity index (χ0) is 14.2. The molecule has 1 heterocycles. The van der Waals surface area contributed by atoms with Gasteiger partial charge in [-0.15, -0.1) is 0 Å². The summed E-state index contributed by atoms with van der Waals surface area (Å²) in [6.45, 7) is 3.21. The van der Waals surface area contributed by atoms with E-state index in [4.69, 9.17) is 5.73 Å². The van der Waals surface area contributed by atoms with Gasteiger partial charge >= 0.3 is 6.18 Å². The minimum absolute atomic E-state index is 0.0353. The maximum Gasteiger partial charge on any atom is 0.433 e. The van der Waals surface area contributed by atoms with Crippen molar-refractivity contribution < 1.29 is 13.2 Å². The second-order valence-corrected chi connectivity index (χ2v) is 4.36. The number of nitrogens with two attached hydrogens (primary N) is 1. The Labute approximate surface area is 108 Å². The van der Waals surface area contributed by atoms with Crippen molar-refractivity contribution in [1.82, 2.24) is 9.78 Å². The van der Waals surface area contributed by atoms with Crippen LogP contribution in [0, 0.1) is 13.8 Å². The van der Waals surface area contributed by atoms with Crippen LogP contribution >= 0.6 is 0 Å². The number of nitrogens with zero attached hydrogens (tertiary/aromatic N) is 2. The third-order valence-electron chi connectivity index (χ3n) is 2.94. The van der Waals surface area contributed by atoms with Gasteiger partial charge in [-0.3, -0.25) is 0 Å². The van der Waals surface area contributed by atoms with Crippen LogP contribution in [0.2, 0.25) is 0 Å². The highest BCUT2D eigenvalue weighted by Crippen LogP contribution is 2.34. The molecule has 2 aromatic rings. The zero-order valence-corrected chi connectivity index (χ0v) is 10.6.